The summed E-state index contributed by atoms with van der Waals surface area (Å²) in [5, 5.41) is 0. The number of carbonyl (C=O) groups is 1. The predicted octanol–water partition coefficient (Wildman–Crippen LogP) is 4.06. The number of nitrogens with zero attached hydrogens (tertiary/aromatic N) is 4. The predicted molar refractivity (Wildman–Crippen MR) is 120 cm³/mol. The van der Waals surface area contributed by atoms with Crippen LogP contribution in [0.4, 0.5) is 8.78 Å². The van der Waals surface area contributed by atoms with E-state index in [1.54, 1.807) is 24.1 Å². The average Bonchev–Trinajstić information content (AvgIpc) is 3.31. The molecule has 0 saturated carbocycles. The molecule has 8 heteroatoms. The SMILES string of the molecule is CCN(C)CC#Cc1ccc2nc3n(c2c1)C1C[C@H]3N(C)C(=O)c2cccc(OC(F)F)c21. The fourth-order valence-electron chi connectivity index (χ4n) is 4.75. The van der Waals surface area contributed by atoms with Crippen molar-refractivity contribution in [3.05, 3.63) is 58.9 Å². The molecule has 3 aromatic rings. The molecule has 5 rings (SSSR count). The highest BCUT2D eigenvalue weighted by Crippen LogP contribution is 2.49. The van der Waals surface area contributed by atoms with Crippen molar-refractivity contribution in [2.45, 2.75) is 32.0 Å². The first-order valence-electron chi connectivity index (χ1n) is 10.9. The Morgan fingerprint density at radius 1 is 1.27 bits per heavy atom. The lowest BCUT2D eigenvalue weighted by Crippen LogP contribution is -2.30. The first kappa shape index (κ1) is 21.4. The Morgan fingerprint density at radius 3 is 2.85 bits per heavy atom. The monoisotopic (exact) mass is 450 g/mol. The number of hydrogen-bond acceptors (Lipinski definition) is 4. The van der Waals surface area contributed by atoms with E-state index in [2.05, 4.69) is 28.2 Å². The molecule has 2 aliphatic heterocycles. The minimum Gasteiger partial charge on any atom is -0.434 e. The number of amides is 1. The van der Waals surface area contributed by atoms with Crippen LogP contribution in [0.2, 0.25) is 0 Å². The highest BCUT2D eigenvalue weighted by atomic mass is 19.3. The minimum atomic E-state index is -2.98. The lowest BCUT2D eigenvalue weighted by Gasteiger charge is -2.24. The molecule has 0 N–H and O–H groups in total. The number of alkyl halides is 2. The summed E-state index contributed by atoms with van der Waals surface area (Å²) in [4.78, 5) is 21.7. The molecule has 0 aliphatic carbocycles. The van der Waals surface area contributed by atoms with Gasteiger partial charge in [0.1, 0.15) is 11.6 Å². The van der Waals surface area contributed by atoms with Crippen molar-refractivity contribution in [3.8, 4) is 17.6 Å². The van der Waals surface area contributed by atoms with Crippen LogP contribution in [0.15, 0.2) is 36.4 Å². The number of rotatable bonds is 4. The zero-order valence-corrected chi connectivity index (χ0v) is 18.7. The molecule has 1 unspecified atom stereocenters. The molecule has 2 atom stereocenters. The third-order valence-corrected chi connectivity index (χ3v) is 6.53. The van der Waals surface area contributed by atoms with Crippen molar-refractivity contribution in [3.63, 3.8) is 0 Å². The summed E-state index contributed by atoms with van der Waals surface area (Å²) in [7, 11) is 3.75. The van der Waals surface area contributed by atoms with Gasteiger partial charge in [0.25, 0.3) is 5.91 Å². The molecule has 33 heavy (non-hydrogen) atoms. The lowest BCUT2D eigenvalue weighted by atomic mass is 9.97. The molecular weight excluding hydrogens is 426 g/mol. The number of fused-ring (bicyclic) bond motifs is 9. The molecule has 0 saturated heterocycles. The maximum atomic E-state index is 13.2. The van der Waals surface area contributed by atoms with Gasteiger partial charge in [0.15, 0.2) is 0 Å². The van der Waals surface area contributed by atoms with Gasteiger partial charge in [-0.1, -0.05) is 24.8 Å². The van der Waals surface area contributed by atoms with Crippen molar-refractivity contribution in [2.75, 3.05) is 27.2 Å². The standard InChI is InChI=1S/C25H24F2N4O2/c1-4-29(2)12-6-7-15-10-11-17-18(13-15)31-19-14-20(23(31)28-17)30(3)24(32)16-8-5-9-21(22(16)19)33-25(26)27/h5,8-11,13,19-20,25H,4,12,14H2,1-3H3/t19?,20-/m1/s1. The Hall–Kier alpha value is -3.44. The van der Waals surface area contributed by atoms with Gasteiger partial charge in [0, 0.05) is 30.2 Å². The van der Waals surface area contributed by atoms with E-state index >= 15 is 0 Å². The number of hydrogen-bond donors (Lipinski definition) is 0. The largest absolute Gasteiger partial charge is 0.434 e. The molecule has 2 bridgehead atoms. The van der Waals surface area contributed by atoms with Crippen LogP contribution in [0.1, 0.15) is 52.7 Å². The normalized spacial score (nSPS) is 18.9. The first-order chi connectivity index (χ1) is 15.9. The van der Waals surface area contributed by atoms with Gasteiger partial charge >= 0.3 is 6.61 Å². The summed E-state index contributed by atoms with van der Waals surface area (Å²) in [6.45, 7) is 0.682. The van der Waals surface area contributed by atoms with Gasteiger partial charge < -0.3 is 14.2 Å². The van der Waals surface area contributed by atoms with Gasteiger partial charge in [0.2, 0.25) is 0 Å². The van der Waals surface area contributed by atoms with E-state index in [0.717, 1.165) is 29.0 Å². The van der Waals surface area contributed by atoms with Gasteiger partial charge in [-0.25, -0.2) is 4.98 Å². The smallest absolute Gasteiger partial charge is 0.387 e. The second-order valence-corrected chi connectivity index (χ2v) is 8.45. The van der Waals surface area contributed by atoms with Crippen molar-refractivity contribution in [1.82, 2.24) is 19.4 Å². The Bertz CT molecular complexity index is 1310. The summed E-state index contributed by atoms with van der Waals surface area (Å²) >= 11 is 0. The zero-order chi connectivity index (χ0) is 23.3. The molecule has 6 nitrogen and oxygen atoms in total. The van der Waals surface area contributed by atoms with Crippen LogP contribution in [0.3, 0.4) is 0 Å². The van der Waals surface area contributed by atoms with Crippen molar-refractivity contribution >= 4 is 16.9 Å². The van der Waals surface area contributed by atoms with Gasteiger partial charge in [0.05, 0.1) is 29.7 Å². The van der Waals surface area contributed by atoms with Crippen molar-refractivity contribution in [1.29, 1.82) is 0 Å². The number of halogens is 2. The third-order valence-electron chi connectivity index (χ3n) is 6.53. The van der Waals surface area contributed by atoms with Crippen LogP contribution in [-0.4, -0.2) is 59.1 Å². The Morgan fingerprint density at radius 2 is 2.09 bits per heavy atom. The quantitative estimate of drug-likeness (QED) is 0.563. The fraction of sp³-hybridized carbons (Fsp3) is 0.360. The number of benzene rings is 2. The minimum absolute atomic E-state index is 0.0307. The highest BCUT2D eigenvalue weighted by Gasteiger charge is 2.44. The summed E-state index contributed by atoms with van der Waals surface area (Å²) in [6, 6.07) is 9.99. The first-order valence-corrected chi connectivity index (χ1v) is 10.9. The molecule has 170 valence electrons. The van der Waals surface area contributed by atoms with E-state index in [1.807, 2.05) is 25.2 Å². The van der Waals surface area contributed by atoms with Crippen LogP contribution < -0.4 is 4.74 Å². The van der Waals surface area contributed by atoms with Crippen molar-refractivity contribution in [2.24, 2.45) is 0 Å². The van der Waals surface area contributed by atoms with Crippen LogP contribution >= 0.6 is 0 Å². The third kappa shape index (κ3) is 3.53. The zero-order valence-electron chi connectivity index (χ0n) is 18.7. The van der Waals surface area contributed by atoms with Crippen LogP contribution in [0.5, 0.6) is 5.75 Å². The van der Waals surface area contributed by atoms with Gasteiger partial charge in [-0.3, -0.25) is 9.69 Å². The summed E-state index contributed by atoms with van der Waals surface area (Å²) < 4.78 is 33.3. The fourth-order valence-corrected chi connectivity index (χ4v) is 4.75. The molecule has 2 aromatic carbocycles. The summed E-state index contributed by atoms with van der Waals surface area (Å²) in [5.74, 6) is 6.95. The van der Waals surface area contributed by atoms with E-state index < -0.39 is 6.61 Å². The average molecular weight is 450 g/mol. The Balaban J connectivity index is 1.67. The number of carbonyl (C=O) groups excluding carboxylic acids is 1. The van der Waals surface area contributed by atoms with Gasteiger partial charge in [-0.05, 0) is 43.9 Å². The Labute approximate surface area is 190 Å². The molecule has 2 aliphatic rings. The molecule has 0 fully saturated rings. The second kappa shape index (κ2) is 8.16. The molecule has 0 radical (unpaired) electrons. The van der Waals surface area contributed by atoms with E-state index in [0.29, 0.717) is 24.1 Å². The lowest BCUT2D eigenvalue weighted by molar-refractivity contribution is -0.0507. The van der Waals surface area contributed by atoms with Crippen LogP contribution in [0, 0.1) is 11.8 Å². The maximum Gasteiger partial charge on any atom is 0.387 e. The van der Waals surface area contributed by atoms with Crippen molar-refractivity contribution < 1.29 is 18.3 Å². The Kier molecular flexibility index (Phi) is 5.29. The number of aromatic nitrogens is 2. The molecule has 0 spiro atoms. The van der Waals surface area contributed by atoms with Gasteiger partial charge in [-0.2, -0.15) is 8.78 Å². The van der Waals surface area contributed by atoms with Crippen LogP contribution in [-0.2, 0) is 0 Å². The maximum absolute atomic E-state index is 13.2. The van der Waals surface area contributed by atoms with E-state index in [4.69, 9.17) is 9.72 Å². The topological polar surface area (TPSA) is 50.6 Å². The number of imidazole rings is 1. The summed E-state index contributed by atoms with van der Waals surface area (Å²) in [6.07, 6.45) is 0.550. The second-order valence-electron chi connectivity index (χ2n) is 8.45. The highest BCUT2D eigenvalue weighted by molar-refractivity contribution is 5.97. The van der Waals surface area contributed by atoms with E-state index in [9.17, 15) is 13.6 Å². The van der Waals surface area contributed by atoms with Gasteiger partial charge in [-0.15, -0.1) is 0 Å². The molecule has 3 heterocycles. The molecule has 1 aromatic heterocycles. The number of ether oxygens (including phenoxy) is 1. The van der Waals surface area contributed by atoms with E-state index in [1.165, 1.54) is 6.07 Å². The molecule has 1 amide bonds. The van der Waals surface area contributed by atoms with Crippen LogP contribution in [0.25, 0.3) is 11.0 Å². The molecular formula is C25H24F2N4O2. The van der Waals surface area contributed by atoms with E-state index in [-0.39, 0.29) is 23.7 Å². The summed E-state index contributed by atoms with van der Waals surface area (Å²) in [5.41, 5.74) is 3.38.